The summed E-state index contributed by atoms with van der Waals surface area (Å²) in [6.07, 6.45) is 9.05. The standard InChI is InChI=1S/C23H28N4/c1-5-7-23(27-20-11-10-16(2)17(3)14-20)26-18(4)25-15-19-8-6-9-22-21(19)12-13-24-22/h6,8-10,12-14,24-25H,4-5,7,11,15H2,1-3H3. The van der Waals surface area contributed by atoms with E-state index in [1.807, 2.05) is 6.20 Å². The molecule has 0 atom stereocenters. The minimum atomic E-state index is 0.651. The quantitative estimate of drug-likeness (QED) is 0.506. The summed E-state index contributed by atoms with van der Waals surface area (Å²) < 4.78 is 0. The Hall–Kier alpha value is -2.88. The molecule has 1 aliphatic carbocycles. The van der Waals surface area contributed by atoms with Crippen LogP contribution in [0.5, 0.6) is 0 Å². The number of fused-ring (bicyclic) bond motifs is 1. The second kappa shape index (κ2) is 8.67. The highest BCUT2D eigenvalue weighted by molar-refractivity contribution is 6.06. The summed E-state index contributed by atoms with van der Waals surface area (Å²) in [5, 5.41) is 4.55. The lowest BCUT2D eigenvalue weighted by molar-refractivity contribution is 0.805. The van der Waals surface area contributed by atoms with Crippen LogP contribution in [0.2, 0.25) is 0 Å². The number of nitrogens with one attached hydrogen (secondary N) is 2. The summed E-state index contributed by atoms with van der Waals surface area (Å²) in [7, 11) is 0. The van der Waals surface area contributed by atoms with Gasteiger partial charge in [-0.25, -0.2) is 9.98 Å². The van der Waals surface area contributed by atoms with Crippen LogP contribution >= 0.6 is 0 Å². The lowest BCUT2D eigenvalue weighted by Gasteiger charge is -2.12. The summed E-state index contributed by atoms with van der Waals surface area (Å²) in [5.74, 6) is 1.49. The molecule has 140 valence electrons. The molecule has 27 heavy (non-hydrogen) atoms. The topological polar surface area (TPSA) is 52.5 Å². The molecule has 2 N–H and O–H groups in total. The van der Waals surface area contributed by atoms with Crippen molar-refractivity contribution in [2.24, 2.45) is 9.98 Å². The van der Waals surface area contributed by atoms with Gasteiger partial charge in [0.25, 0.3) is 0 Å². The van der Waals surface area contributed by atoms with Crippen molar-refractivity contribution in [1.29, 1.82) is 0 Å². The Kier molecular flexibility index (Phi) is 6.07. The highest BCUT2D eigenvalue weighted by Gasteiger charge is 2.07. The first kappa shape index (κ1) is 18.9. The average Bonchev–Trinajstić information content (AvgIpc) is 3.12. The monoisotopic (exact) mass is 360 g/mol. The number of amidine groups is 1. The van der Waals surface area contributed by atoms with E-state index in [2.05, 4.69) is 79.1 Å². The third-order valence-corrected chi connectivity index (χ3v) is 4.80. The zero-order valence-electron chi connectivity index (χ0n) is 16.5. The maximum atomic E-state index is 4.79. The molecular formula is C23H28N4. The Bertz CT molecular complexity index is 954. The molecule has 0 fully saturated rings. The Morgan fingerprint density at radius 1 is 1.22 bits per heavy atom. The molecule has 1 heterocycles. The molecule has 1 aliphatic rings. The van der Waals surface area contributed by atoms with Crippen LogP contribution in [0.3, 0.4) is 0 Å². The van der Waals surface area contributed by atoms with Crippen LogP contribution in [-0.2, 0) is 6.54 Å². The van der Waals surface area contributed by atoms with Gasteiger partial charge in [0.05, 0.1) is 0 Å². The van der Waals surface area contributed by atoms with Crippen molar-refractivity contribution >= 4 is 22.5 Å². The van der Waals surface area contributed by atoms with E-state index < -0.39 is 0 Å². The van der Waals surface area contributed by atoms with Gasteiger partial charge >= 0.3 is 0 Å². The van der Waals surface area contributed by atoms with Crippen molar-refractivity contribution in [3.05, 3.63) is 71.7 Å². The molecule has 4 nitrogen and oxygen atoms in total. The average molecular weight is 361 g/mol. The molecule has 0 amide bonds. The van der Waals surface area contributed by atoms with E-state index in [0.29, 0.717) is 12.4 Å². The maximum Gasteiger partial charge on any atom is 0.130 e. The van der Waals surface area contributed by atoms with Crippen molar-refractivity contribution < 1.29 is 0 Å². The number of aromatic amines is 1. The number of H-pyrrole nitrogens is 1. The molecular weight excluding hydrogens is 332 g/mol. The first-order valence-corrected chi connectivity index (χ1v) is 9.55. The Labute approximate surface area is 161 Å². The number of aromatic nitrogens is 1. The van der Waals surface area contributed by atoms with Crippen molar-refractivity contribution in [3.63, 3.8) is 0 Å². The molecule has 0 saturated carbocycles. The number of aliphatic imine (C=N–C) groups is 2. The molecule has 2 aromatic rings. The molecule has 0 saturated heterocycles. The van der Waals surface area contributed by atoms with E-state index in [9.17, 15) is 0 Å². The van der Waals surface area contributed by atoms with Gasteiger partial charge in [0.1, 0.15) is 11.7 Å². The van der Waals surface area contributed by atoms with Crippen LogP contribution in [0.15, 0.2) is 76.1 Å². The van der Waals surface area contributed by atoms with Crippen LogP contribution in [0.4, 0.5) is 0 Å². The van der Waals surface area contributed by atoms with Gasteiger partial charge in [-0.05, 0) is 49.6 Å². The van der Waals surface area contributed by atoms with Gasteiger partial charge in [0, 0.05) is 42.2 Å². The predicted molar refractivity (Wildman–Crippen MR) is 116 cm³/mol. The minimum Gasteiger partial charge on any atom is -0.366 e. The normalized spacial score (nSPS) is 16.4. The van der Waals surface area contributed by atoms with Gasteiger partial charge in [-0.1, -0.05) is 37.3 Å². The first-order valence-electron chi connectivity index (χ1n) is 9.55. The highest BCUT2D eigenvalue weighted by Crippen LogP contribution is 2.18. The van der Waals surface area contributed by atoms with Crippen molar-refractivity contribution in [3.8, 4) is 0 Å². The predicted octanol–water partition coefficient (Wildman–Crippen LogP) is 5.66. The largest absolute Gasteiger partial charge is 0.366 e. The van der Waals surface area contributed by atoms with Crippen LogP contribution < -0.4 is 5.32 Å². The molecule has 3 rings (SSSR count). The zero-order valence-corrected chi connectivity index (χ0v) is 16.5. The van der Waals surface area contributed by atoms with E-state index in [1.54, 1.807) is 0 Å². The summed E-state index contributed by atoms with van der Waals surface area (Å²) in [5.41, 5.74) is 6.03. The van der Waals surface area contributed by atoms with Crippen LogP contribution in [0.25, 0.3) is 10.9 Å². The third kappa shape index (κ3) is 4.85. The summed E-state index contributed by atoms with van der Waals surface area (Å²) in [6.45, 7) is 11.2. The molecule has 1 aromatic carbocycles. The smallest absolute Gasteiger partial charge is 0.130 e. The number of benzene rings is 1. The zero-order chi connectivity index (χ0) is 19.2. The number of hydrogen-bond acceptors (Lipinski definition) is 2. The fourth-order valence-electron chi connectivity index (χ4n) is 3.14. The molecule has 4 heteroatoms. The van der Waals surface area contributed by atoms with Gasteiger partial charge in [0.15, 0.2) is 0 Å². The molecule has 0 spiro atoms. The van der Waals surface area contributed by atoms with E-state index in [-0.39, 0.29) is 0 Å². The molecule has 0 bridgehead atoms. The van der Waals surface area contributed by atoms with E-state index >= 15 is 0 Å². The van der Waals surface area contributed by atoms with Crippen LogP contribution in [0.1, 0.15) is 45.6 Å². The first-order chi connectivity index (χ1) is 13.1. The lowest BCUT2D eigenvalue weighted by Crippen LogP contribution is -2.13. The van der Waals surface area contributed by atoms with E-state index in [0.717, 1.165) is 36.3 Å². The summed E-state index contributed by atoms with van der Waals surface area (Å²) in [4.78, 5) is 12.7. The molecule has 0 aliphatic heterocycles. The van der Waals surface area contributed by atoms with Crippen LogP contribution in [0, 0.1) is 0 Å². The Morgan fingerprint density at radius 2 is 2.07 bits per heavy atom. The highest BCUT2D eigenvalue weighted by atomic mass is 15.1. The van der Waals surface area contributed by atoms with Crippen LogP contribution in [-0.4, -0.2) is 16.5 Å². The number of rotatable bonds is 6. The third-order valence-electron chi connectivity index (χ3n) is 4.80. The fourth-order valence-corrected chi connectivity index (χ4v) is 3.14. The second-order valence-corrected chi connectivity index (χ2v) is 6.96. The van der Waals surface area contributed by atoms with Gasteiger partial charge in [-0.3, -0.25) is 0 Å². The second-order valence-electron chi connectivity index (χ2n) is 6.96. The van der Waals surface area contributed by atoms with Gasteiger partial charge in [-0.2, -0.15) is 0 Å². The Morgan fingerprint density at radius 3 is 2.85 bits per heavy atom. The summed E-state index contributed by atoms with van der Waals surface area (Å²) in [6, 6.07) is 8.36. The van der Waals surface area contributed by atoms with Gasteiger partial charge < -0.3 is 10.3 Å². The number of allylic oxidation sites excluding steroid dienone is 4. The summed E-state index contributed by atoms with van der Waals surface area (Å²) >= 11 is 0. The molecule has 0 unspecified atom stereocenters. The van der Waals surface area contributed by atoms with Crippen molar-refractivity contribution in [2.45, 2.75) is 46.6 Å². The van der Waals surface area contributed by atoms with Crippen molar-refractivity contribution in [1.82, 2.24) is 10.3 Å². The maximum absolute atomic E-state index is 4.79. The molecule has 1 aromatic heterocycles. The SMILES string of the molecule is C=C(N=C(CCC)N=C1C=C(C)C(C)=CC1)NCc1cccc2[nH]ccc12. The number of hydrogen-bond donors (Lipinski definition) is 2. The van der Waals surface area contributed by atoms with Gasteiger partial charge in [-0.15, -0.1) is 0 Å². The van der Waals surface area contributed by atoms with Crippen molar-refractivity contribution in [2.75, 3.05) is 0 Å². The van der Waals surface area contributed by atoms with Gasteiger partial charge in [0.2, 0.25) is 0 Å². The Balaban J connectivity index is 1.70. The minimum absolute atomic E-state index is 0.651. The molecule has 0 radical (unpaired) electrons. The van der Waals surface area contributed by atoms with E-state index in [4.69, 9.17) is 4.99 Å². The fraction of sp³-hybridized carbons (Fsp3) is 0.304. The lowest BCUT2D eigenvalue weighted by atomic mass is 9.99. The van der Waals surface area contributed by atoms with E-state index in [1.165, 1.54) is 22.1 Å². The number of nitrogens with zero attached hydrogens (tertiary/aromatic N) is 2.